The van der Waals surface area contributed by atoms with Gasteiger partial charge in [-0.15, -0.1) is 11.3 Å². The smallest absolute Gasteiger partial charge is 0.180 e. The number of aryl methyl sites for hydroxylation is 3. The van der Waals surface area contributed by atoms with Crippen molar-refractivity contribution in [1.82, 2.24) is 14.7 Å². The highest BCUT2D eigenvalue weighted by Crippen LogP contribution is 2.29. The van der Waals surface area contributed by atoms with Crippen LogP contribution >= 0.6 is 11.3 Å². The molecular formula is C14H15N3OS. The zero-order valence-electron chi connectivity index (χ0n) is 11.4. The first-order valence-corrected chi connectivity index (χ1v) is 6.99. The second kappa shape index (κ2) is 4.35. The molecule has 0 aliphatic rings. The fourth-order valence-corrected chi connectivity index (χ4v) is 2.93. The van der Waals surface area contributed by atoms with E-state index < -0.39 is 0 Å². The van der Waals surface area contributed by atoms with Gasteiger partial charge in [-0.1, -0.05) is 5.16 Å². The Kier molecular flexibility index (Phi) is 2.78. The second-order valence-corrected chi connectivity index (χ2v) is 5.73. The fourth-order valence-electron chi connectivity index (χ4n) is 2.32. The lowest BCUT2D eigenvalue weighted by Crippen LogP contribution is -1.99. The molecule has 0 aliphatic carbocycles. The van der Waals surface area contributed by atoms with E-state index in [1.54, 1.807) is 11.3 Å². The summed E-state index contributed by atoms with van der Waals surface area (Å²) < 4.78 is 7.26. The molecular weight excluding hydrogens is 258 g/mol. The van der Waals surface area contributed by atoms with E-state index >= 15 is 0 Å². The average molecular weight is 273 g/mol. The summed E-state index contributed by atoms with van der Waals surface area (Å²) in [6.07, 6.45) is 0. The van der Waals surface area contributed by atoms with Crippen molar-refractivity contribution in [2.45, 2.75) is 27.7 Å². The second-order valence-electron chi connectivity index (χ2n) is 4.67. The van der Waals surface area contributed by atoms with Crippen LogP contribution < -0.4 is 0 Å². The van der Waals surface area contributed by atoms with Crippen molar-refractivity contribution in [3.05, 3.63) is 39.7 Å². The van der Waals surface area contributed by atoms with Crippen molar-refractivity contribution in [3.8, 4) is 17.1 Å². The van der Waals surface area contributed by atoms with Crippen LogP contribution in [0.15, 0.2) is 22.0 Å². The highest BCUT2D eigenvalue weighted by molar-refractivity contribution is 7.09. The standard InChI is InChI=1S/C14H15N3OS/c1-8-5-12(13-7-19-11(4)15-13)10(3)17(8)14-6-9(2)18-16-14/h5-7H,1-4H3. The summed E-state index contributed by atoms with van der Waals surface area (Å²) in [5.41, 5.74) is 4.45. The molecule has 0 saturated heterocycles. The lowest BCUT2D eigenvalue weighted by atomic mass is 10.2. The highest BCUT2D eigenvalue weighted by atomic mass is 32.1. The molecule has 0 aliphatic heterocycles. The fraction of sp³-hybridized carbons (Fsp3) is 0.286. The van der Waals surface area contributed by atoms with Crippen LogP contribution in [0.3, 0.4) is 0 Å². The van der Waals surface area contributed by atoms with Gasteiger partial charge in [-0.25, -0.2) is 4.98 Å². The van der Waals surface area contributed by atoms with Crippen LogP contribution in [0.4, 0.5) is 0 Å². The summed E-state index contributed by atoms with van der Waals surface area (Å²) in [5.74, 6) is 1.64. The van der Waals surface area contributed by atoms with E-state index in [0.29, 0.717) is 0 Å². The summed E-state index contributed by atoms with van der Waals surface area (Å²) in [5, 5.41) is 7.26. The minimum absolute atomic E-state index is 0.813. The Morgan fingerprint density at radius 3 is 2.53 bits per heavy atom. The number of thiazole rings is 1. The van der Waals surface area contributed by atoms with E-state index in [1.807, 2.05) is 19.9 Å². The Morgan fingerprint density at radius 2 is 1.95 bits per heavy atom. The molecule has 0 spiro atoms. The van der Waals surface area contributed by atoms with Gasteiger partial charge in [0.1, 0.15) is 5.76 Å². The van der Waals surface area contributed by atoms with E-state index in [2.05, 4.69) is 40.0 Å². The molecule has 0 aromatic carbocycles. The van der Waals surface area contributed by atoms with Gasteiger partial charge in [0.2, 0.25) is 0 Å². The number of hydrogen-bond acceptors (Lipinski definition) is 4. The van der Waals surface area contributed by atoms with Crippen LogP contribution in [-0.4, -0.2) is 14.7 Å². The minimum atomic E-state index is 0.813. The highest BCUT2D eigenvalue weighted by Gasteiger charge is 2.16. The van der Waals surface area contributed by atoms with Crippen LogP contribution in [0.2, 0.25) is 0 Å². The molecule has 3 aromatic rings. The van der Waals surface area contributed by atoms with E-state index in [0.717, 1.165) is 39.2 Å². The molecule has 19 heavy (non-hydrogen) atoms. The average Bonchev–Trinajstić information content (AvgIpc) is 3.01. The maximum atomic E-state index is 5.16. The third-order valence-corrected chi connectivity index (χ3v) is 3.94. The van der Waals surface area contributed by atoms with E-state index in [1.165, 1.54) is 0 Å². The molecule has 0 radical (unpaired) electrons. The van der Waals surface area contributed by atoms with Crippen LogP contribution in [0.1, 0.15) is 22.2 Å². The summed E-state index contributed by atoms with van der Waals surface area (Å²) >= 11 is 1.67. The van der Waals surface area contributed by atoms with Gasteiger partial charge in [0.05, 0.1) is 10.7 Å². The Labute approximate surface area is 115 Å². The van der Waals surface area contributed by atoms with Gasteiger partial charge in [-0.2, -0.15) is 0 Å². The largest absolute Gasteiger partial charge is 0.360 e. The van der Waals surface area contributed by atoms with Crippen molar-refractivity contribution in [2.75, 3.05) is 0 Å². The molecule has 3 aromatic heterocycles. The van der Waals surface area contributed by atoms with E-state index in [9.17, 15) is 0 Å². The van der Waals surface area contributed by atoms with Gasteiger partial charge in [0.15, 0.2) is 5.82 Å². The molecule has 5 heteroatoms. The van der Waals surface area contributed by atoms with Crippen LogP contribution in [0.25, 0.3) is 17.1 Å². The molecule has 0 fully saturated rings. The van der Waals surface area contributed by atoms with Gasteiger partial charge >= 0.3 is 0 Å². The van der Waals surface area contributed by atoms with E-state index in [4.69, 9.17) is 4.52 Å². The summed E-state index contributed by atoms with van der Waals surface area (Å²) in [7, 11) is 0. The maximum absolute atomic E-state index is 5.16. The molecule has 3 rings (SSSR count). The van der Waals surface area contributed by atoms with Crippen molar-refractivity contribution in [2.24, 2.45) is 0 Å². The van der Waals surface area contributed by atoms with Gasteiger partial charge < -0.3 is 4.52 Å². The molecule has 98 valence electrons. The summed E-state index contributed by atoms with van der Waals surface area (Å²) in [6, 6.07) is 4.09. The first kappa shape index (κ1) is 12.2. The number of rotatable bonds is 2. The summed E-state index contributed by atoms with van der Waals surface area (Å²) in [4.78, 5) is 4.56. The normalized spacial score (nSPS) is 11.2. The van der Waals surface area contributed by atoms with Crippen LogP contribution in [-0.2, 0) is 0 Å². The SMILES string of the molecule is Cc1cc(-n2c(C)cc(-c3csc(C)n3)c2C)no1. The molecule has 0 saturated carbocycles. The zero-order chi connectivity index (χ0) is 13.6. The molecule has 3 heterocycles. The quantitative estimate of drug-likeness (QED) is 0.713. The predicted octanol–water partition coefficient (Wildman–Crippen LogP) is 3.82. The van der Waals surface area contributed by atoms with Crippen LogP contribution in [0, 0.1) is 27.7 Å². The van der Waals surface area contributed by atoms with Crippen molar-refractivity contribution in [1.29, 1.82) is 0 Å². The Balaban J connectivity index is 2.15. The third kappa shape index (κ3) is 2.00. The lowest BCUT2D eigenvalue weighted by Gasteiger charge is -2.04. The molecule has 4 nitrogen and oxygen atoms in total. The van der Waals surface area contributed by atoms with Crippen molar-refractivity contribution < 1.29 is 4.52 Å². The third-order valence-electron chi connectivity index (χ3n) is 3.17. The first-order chi connectivity index (χ1) is 9.06. The Bertz CT molecular complexity index is 736. The topological polar surface area (TPSA) is 43.9 Å². The predicted molar refractivity (Wildman–Crippen MR) is 75.9 cm³/mol. The zero-order valence-corrected chi connectivity index (χ0v) is 12.2. The minimum Gasteiger partial charge on any atom is -0.360 e. The molecule has 0 atom stereocenters. The summed E-state index contributed by atoms with van der Waals surface area (Å²) in [6.45, 7) is 8.07. The van der Waals surface area contributed by atoms with Gasteiger partial charge in [-0.05, 0) is 33.8 Å². The number of aromatic nitrogens is 3. The van der Waals surface area contributed by atoms with E-state index in [-0.39, 0.29) is 0 Å². The van der Waals surface area contributed by atoms with Gasteiger partial charge in [-0.3, -0.25) is 4.57 Å². The Morgan fingerprint density at radius 1 is 1.16 bits per heavy atom. The molecule has 0 bridgehead atoms. The van der Waals surface area contributed by atoms with Gasteiger partial charge in [0, 0.05) is 28.4 Å². The first-order valence-electron chi connectivity index (χ1n) is 6.11. The van der Waals surface area contributed by atoms with Crippen molar-refractivity contribution in [3.63, 3.8) is 0 Å². The molecule has 0 amide bonds. The Hall–Kier alpha value is -1.88. The number of hydrogen-bond donors (Lipinski definition) is 0. The molecule has 0 unspecified atom stereocenters. The molecule has 0 N–H and O–H groups in total. The van der Waals surface area contributed by atoms with Gasteiger partial charge in [0.25, 0.3) is 0 Å². The lowest BCUT2D eigenvalue weighted by molar-refractivity contribution is 0.394. The van der Waals surface area contributed by atoms with Crippen LogP contribution in [0.5, 0.6) is 0 Å². The monoisotopic (exact) mass is 273 g/mol. The van der Waals surface area contributed by atoms with Crippen molar-refractivity contribution >= 4 is 11.3 Å². The number of nitrogens with zero attached hydrogens (tertiary/aromatic N) is 3. The maximum Gasteiger partial charge on any atom is 0.180 e.